The summed E-state index contributed by atoms with van der Waals surface area (Å²) in [6.07, 6.45) is 0. The fraction of sp³-hybridized carbons (Fsp3) is 0.192. The molecule has 1 atom stereocenters. The molecule has 1 amide bonds. The van der Waals surface area contributed by atoms with Crippen LogP contribution in [0.2, 0.25) is 5.02 Å². The minimum atomic E-state index is -0.0595. The third kappa shape index (κ3) is 3.99. The minimum absolute atomic E-state index is 0.0493. The predicted octanol–water partition coefficient (Wildman–Crippen LogP) is 6.45. The van der Waals surface area contributed by atoms with Crippen LogP contribution in [-0.2, 0) is 6.54 Å². The molecule has 0 saturated heterocycles. The van der Waals surface area contributed by atoms with Crippen molar-refractivity contribution in [2.75, 3.05) is 0 Å². The lowest BCUT2D eigenvalue weighted by Gasteiger charge is -2.14. The number of aryl methyl sites for hydroxylation is 1. The molecule has 4 aromatic rings. The Bertz CT molecular complexity index is 1190. The monoisotopic (exact) mass is 416 g/mol. The molecule has 0 radical (unpaired) electrons. The Kier molecular flexibility index (Phi) is 5.65. The molecule has 3 aromatic carbocycles. The quantitative estimate of drug-likeness (QED) is 0.398. The van der Waals surface area contributed by atoms with E-state index >= 15 is 0 Å². The molecular formula is C26H25ClN2O. The van der Waals surface area contributed by atoms with Gasteiger partial charge in [-0.1, -0.05) is 54.1 Å². The van der Waals surface area contributed by atoms with E-state index < -0.39 is 0 Å². The first-order valence-corrected chi connectivity index (χ1v) is 10.5. The molecule has 30 heavy (non-hydrogen) atoms. The summed E-state index contributed by atoms with van der Waals surface area (Å²) in [6.45, 7) is 7.01. The van der Waals surface area contributed by atoms with Gasteiger partial charge in [-0.05, 0) is 67.8 Å². The highest BCUT2D eigenvalue weighted by Gasteiger charge is 2.16. The van der Waals surface area contributed by atoms with Crippen LogP contribution < -0.4 is 5.32 Å². The number of carbonyl (C=O) groups excluding carboxylic acids is 1. The molecular weight excluding hydrogens is 392 g/mol. The average molecular weight is 417 g/mol. The number of hydrogen-bond donors (Lipinski definition) is 1. The van der Waals surface area contributed by atoms with Gasteiger partial charge in [-0.15, -0.1) is 0 Å². The molecule has 1 unspecified atom stereocenters. The van der Waals surface area contributed by atoms with E-state index in [0.717, 1.165) is 28.0 Å². The Labute approximate surface area is 182 Å². The summed E-state index contributed by atoms with van der Waals surface area (Å²) in [5.41, 5.74) is 6.50. The summed E-state index contributed by atoms with van der Waals surface area (Å²) in [6, 6.07) is 23.9. The van der Waals surface area contributed by atoms with E-state index in [-0.39, 0.29) is 11.9 Å². The van der Waals surface area contributed by atoms with E-state index in [4.69, 9.17) is 11.6 Å². The first-order chi connectivity index (χ1) is 14.4. The second-order valence-electron chi connectivity index (χ2n) is 7.76. The van der Waals surface area contributed by atoms with Gasteiger partial charge < -0.3 is 9.88 Å². The van der Waals surface area contributed by atoms with E-state index in [2.05, 4.69) is 35.9 Å². The maximum atomic E-state index is 12.9. The van der Waals surface area contributed by atoms with E-state index in [9.17, 15) is 4.79 Å². The lowest BCUT2D eigenvalue weighted by Crippen LogP contribution is -2.26. The molecule has 0 aliphatic carbocycles. The van der Waals surface area contributed by atoms with Gasteiger partial charge >= 0.3 is 0 Å². The molecule has 0 aliphatic heterocycles. The minimum Gasteiger partial charge on any atom is -0.346 e. The summed E-state index contributed by atoms with van der Waals surface area (Å²) >= 11 is 6.02. The first kappa shape index (κ1) is 20.2. The SMILES string of the molecule is Cc1c(C)n(Cc2ccc(Cl)cc2)c2ccc(C(=O)NC(C)c3ccccc3)cc12. The van der Waals surface area contributed by atoms with Gasteiger partial charge in [-0.3, -0.25) is 4.79 Å². The van der Waals surface area contributed by atoms with Crippen molar-refractivity contribution in [2.24, 2.45) is 0 Å². The van der Waals surface area contributed by atoms with E-state index in [0.29, 0.717) is 5.56 Å². The van der Waals surface area contributed by atoms with Crippen molar-refractivity contribution in [3.8, 4) is 0 Å². The smallest absolute Gasteiger partial charge is 0.251 e. The van der Waals surface area contributed by atoms with Crippen molar-refractivity contribution in [1.82, 2.24) is 9.88 Å². The standard InChI is InChI=1S/C26H25ClN2O/c1-17-19(3)29(16-20-9-12-23(27)13-10-20)25-14-11-22(15-24(17)25)26(30)28-18(2)21-7-5-4-6-8-21/h4-15,18H,16H2,1-3H3,(H,28,30). The number of nitrogens with one attached hydrogen (secondary N) is 1. The molecule has 3 nitrogen and oxygen atoms in total. The van der Waals surface area contributed by atoms with Crippen molar-refractivity contribution in [1.29, 1.82) is 0 Å². The second-order valence-corrected chi connectivity index (χ2v) is 8.20. The van der Waals surface area contributed by atoms with Crippen molar-refractivity contribution >= 4 is 28.4 Å². The first-order valence-electron chi connectivity index (χ1n) is 10.1. The van der Waals surface area contributed by atoms with E-state index in [1.165, 1.54) is 16.8 Å². The normalized spacial score (nSPS) is 12.1. The molecule has 1 heterocycles. The molecule has 0 aliphatic rings. The maximum absolute atomic E-state index is 12.9. The Morgan fingerprint density at radius 1 is 1.00 bits per heavy atom. The topological polar surface area (TPSA) is 34.0 Å². The number of aromatic nitrogens is 1. The number of halogens is 1. The number of amides is 1. The third-order valence-electron chi connectivity index (χ3n) is 5.80. The maximum Gasteiger partial charge on any atom is 0.251 e. The number of hydrogen-bond acceptors (Lipinski definition) is 1. The Balaban J connectivity index is 1.62. The number of carbonyl (C=O) groups is 1. The molecule has 1 aromatic heterocycles. The van der Waals surface area contributed by atoms with Crippen LogP contribution in [0.5, 0.6) is 0 Å². The highest BCUT2D eigenvalue weighted by Crippen LogP contribution is 2.28. The van der Waals surface area contributed by atoms with Crippen LogP contribution in [0, 0.1) is 13.8 Å². The Morgan fingerprint density at radius 2 is 1.70 bits per heavy atom. The molecule has 0 fully saturated rings. The summed E-state index contributed by atoms with van der Waals surface area (Å²) in [4.78, 5) is 12.9. The van der Waals surface area contributed by atoms with Crippen LogP contribution in [0.1, 0.15) is 45.7 Å². The van der Waals surface area contributed by atoms with Crippen molar-refractivity contribution in [3.63, 3.8) is 0 Å². The highest BCUT2D eigenvalue weighted by molar-refractivity contribution is 6.30. The zero-order valence-corrected chi connectivity index (χ0v) is 18.2. The van der Waals surface area contributed by atoms with Crippen LogP contribution in [-0.4, -0.2) is 10.5 Å². The van der Waals surface area contributed by atoms with Gasteiger partial charge in [0.05, 0.1) is 6.04 Å². The van der Waals surface area contributed by atoms with Crippen LogP contribution in [0.25, 0.3) is 10.9 Å². The van der Waals surface area contributed by atoms with Crippen LogP contribution >= 0.6 is 11.6 Å². The summed E-state index contributed by atoms with van der Waals surface area (Å²) in [7, 11) is 0. The largest absolute Gasteiger partial charge is 0.346 e. The lowest BCUT2D eigenvalue weighted by molar-refractivity contribution is 0.0940. The van der Waals surface area contributed by atoms with Gasteiger partial charge in [0.25, 0.3) is 5.91 Å². The van der Waals surface area contributed by atoms with Gasteiger partial charge in [-0.2, -0.15) is 0 Å². The molecule has 152 valence electrons. The van der Waals surface area contributed by atoms with Gasteiger partial charge in [0.2, 0.25) is 0 Å². The highest BCUT2D eigenvalue weighted by atomic mass is 35.5. The predicted molar refractivity (Wildman–Crippen MR) is 124 cm³/mol. The molecule has 0 bridgehead atoms. The number of benzene rings is 3. The van der Waals surface area contributed by atoms with Crippen molar-refractivity contribution in [3.05, 3.63) is 106 Å². The molecule has 1 N–H and O–H groups in total. The summed E-state index contributed by atoms with van der Waals surface area (Å²) < 4.78 is 2.29. The van der Waals surface area contributed by atoms with Crippen molar-refractivity contribution < 1.29 is 4.79 Å². The molecule has 0 saturated carbocycles. The average Bonchev–Trinajstić information content (AvgIpc) is 3.00. The Morgan fingerprint density at radius 3 is 2.40 bits per heavy atom. The van der Waals surface area contributed by atoms with Crippen LogP contribution in [0.15, 0.2) is 72.8 Å². The molecule has 4 heteroatoms. The third-order valence-corrected chi connectivity index (χ3v) is 6.05. The second kappa shape index (κ2) is 8.37. The summed E-state index contributed by atoms with van der Waals surface area (Å²) in [5, 5.41) is 4.96. The van der Waals surface area contributed by atoms with Gasteiger partial charge in [0.1, 0.15) is 0 Å². The fourth-order valence-corrected chi connectivity index (χ4v) is 4.00. The Hall–Kier alpha value is -3.04. The van der Waals surface area contributed by atoms with Gasteiger partial charge in [0, 0.05) is 33.7 Å². The van der Waals surface area contributed by atoms with E-state index in [1.54, 1.807) is 0 Å². The lowest BCUT2D eigenvalue weighted by atomic mass is 10.1. The fourth-order valence-electron chi connectivity index (χ4n) is 3.87. The zero-order valence-electron chi connectivity index (χ0n) is 17.4. The van der Waals surface area contributed by atoms with Gasteiger partial charge in [0.15, 0.2) is 0 Å². The summed E-state index contributed by atoms with van der Waals surface area (Å²) in [5.74, 6) is -0.0595. The number of rotatable bonds is 5. The van der Waals surface area contributed by atoms with Crippen LogP contribution in [0.4, 0.5) is 0 Å². The molecule has 0 spiro atoms. The van der Waals surface area contributed by atoms with E-state index in [1.807, 2.05) is 67.6 Å². The number of fused-ring (bicyclic) bond motifs is 1. The van der Waals surface area contributed by atoms with Crippen molar-refractivity contribution in [2.45, 2.75) is 33.4 Å². The molecule has 4 rings (SSSR count). The number of nitrogens with zero attached hydrogens (tertiary/aromatic N) is 1. The zero-order chi connectivity index (χ0) is 21.3. The van der Waals surface area contributed by atoms with Crippen LogP contribution in [0.3, 0.4) is 0 Å². The van der Waals surface area contributed by atoms with Gasteiger partial charge in [-0.25, -0.2) is 0 Å².